The van der Waals surface area contributed by atoms with E-state index in [9.17, 15) is 14.4 Å². The molecule has 1 aliphatic rings. The van der Waals surface area contributed by atoms with Gasteiger partial charge in [-0.2, -0.15) is 4.98 Å². The van der Waals surface area contributed by atoms with Crippen LogP contribution in [-0.2, 0) is 9.59 Å². The summed E-state index contributed by atoms with van der Waals surface area (Å²) in [5.41, 5.74) is 3.16. The molecule has 0 aliphatic carbocycles. The van der Waals surface area contributed by atoms with Gasteiger partial charge >= 0.3 is 0 Å². The van der Waals surface area contributed by atoms with E-state index in [1.165, 1.54) is 0 Å². The summed E-state index contributed by atoms with van der Waals surface area (Å²) in [5, 5.41) is 8.40. The summed E-state index contributed by atoms with van der Waals surface area (Å²) < 4.78 is 0. The Balaban J connectivity index is 1.64. The van der Waals surface area contributed by atoms with Crippen LogP contribution in [0.2, 0.25) is 0 Å². The fourth-order valence-corrected chi connectivity index (χ4v) is 3.36. The number of amides is 2. The van der Waals surface area contributed by atoms with Crippen molar-refractivity contribution >= 4 is 35.0 Å². The second kappa shape index (κ2) is 7.82. The van der Waals surface area contributed by atoms with Gasteiger partial charge < -0.3 is 16.0 Å². The molecule has 8 heteroatoms. The van der Waals surface area contributed by atoms with Crippen molar-refractivity contribution in [1.82, 2.24) is 9.97 Å². The molecule has 4 N–H and O–H groups in total. The van der Waals surface area contributed by atoms with Gasteiger partial charge in [0.1, 0.15) is 5.82 Å². The molecule has 0 saturated carbocycles. The molecular weight excluding hydrogens is 382 g/mol. The van der Waals surface area contributed by atoms with Crippen LogP contribution in [0.25, 0.3) is 0 Å². The molecule has 0 radical (unpaired) electrons. The highest BCUT2D eigenvalue weighted by atomic mass is 16.2. The number of aromatic amines is 1. The smallest absolute Gasteiger partial charge is 0.258 e. The molecule has 2 aromatic carbocycles. The van der Waals surface area contributed by atoms with E-state index in [1.54, 1.807) is 6.07 Å². The Morgan fingerprint density at radius 1 is 1.03 bits per heavy atom. The zero-order chi connectivity index (χ0) is 21.3. The lowest BCUT2D eigenvalue weighted by atomic mass is 9.92. The first-order valence-corrected chi connectivity index (χ1v) is 9.55. The summed E-state index contributed by atoms with van der Waals surface area (Å²) in [7, 11) is 0. The van der Waals surface area contributed by atoms with Crippen molar-refractivity contribution < 1.29 is 9.59 Å². The number of aromatic nitrogens is 2. The van der Waals surface area contributed by atoms with Crippen molar-refractivity contribution in [2.75, 3.05) is 16.0 Å². The second-order valence-corrected chi connectivity index (χ2v) is 7.26. The van der Waals surface area contributed by atoms with E-state index in [-0.39, 0.29) is 29.7 Å². The number of para-hydroxylation sites is 1. The quantitative estimate of drug-likeness (QED) is 0.534. The van der Waals surface area contributed by atoms with Crippen LogP contribution in [0.15, 0.2) is 53.3 Å². The lowest BCUT2D eigenvalue weighted by Gasteiger charge is -2.23. The molecule has 8 nitrogen and oxygen atoms in total. The van der Waals surface area contributed by atoms with E-state index in [0.29, 0.717) is 5.69 Å². The number of benzene rings is 2. The molecule has 2 heterocycles. The number of fused-ring (bicyclic) bond motifs is 1. The largest absolute Gasteiger partial charge is 0.326 e. The second-order valence-electron chi connectivity index (χ2n) is 7.26. The number of hydrogen-bond donors (Lipinski definition) is 4. The van der Waals surface area contributed by atoms with Crippen molar-refractivity contribution in [1.29, 1.82) is 0 Å². The third-order valence-electron chi connectivity index (χ3n) is 5.08. The van der Waals surface area contributed by atoms with E-state index in [4.69, 9.17) is 0 Å². The number of hydrogen-bond acceptors (Lipinski definition) is 5. The SMILES string of the molecule is Cc1ccc(NC(=O)[C@@H]2CC(=O)Nc3nc(Nc4ccccc4)[nH]c(=O)c32)cc1C. The number of anilines is 4. The maximum Gasteiger partial charge on any atom is 0.258 e. The van der Waals surface area contributed by atoms with Crippen LogP contribution in [0.1, 0.15) is 29.0 Å². The maximum atomic E-state index is 12.9. The summed E-state index contributed by atoms with van der Waals surface area (Å²) in [6.07, 6.45) is -0.125. The van der Waals surface area contributed by atoms with E-state index < -0.39 is 17.4 Å². The highest BCUT2D eigenvalue weighted by Crippen LogP contribution is 2.30. The molecule has 0 bridgehead atoms. The number of rotatable bonds is 4. The van der Waals surface area contributed by atoms with Crippen molar-refractivity contribution in [2.24, 2.45) is 0 Å². The Kier molecular flexibility index (Phi) is 5.05. The average molecular weight is 403 g/mol. The van der Waals surface area contributed by atoms with Gasteiger partial charge in [-0.05, 0) is 49.2 Å². The number of aryl methyl sites for hydroxylation is 2. The van der Waals surface area contributed by atoms with Gasteiger partial charge in [-0.15, -0.1) is 0 Å². The minimum atomic E-state index is -0.933. The molecular formula is C22H21N5O3. The highest BCUT2D eigenvalue weighted by Gasteiger charge is 2.34. The van der Waals surface area contributed by atoms with Gasteiger partial charge in [0.25, 0.3) is 5.56 Å². The first-order valence-electron chi connectivity index (χ1n) is 9.55. The lowest BCUT2D eigenvalue weighted by Crippen LogP contribution is -2.36. The standard InChI is InChI=1S/C22H21N5O3/c1-12-8-9-15(10-13(12)2)23-20(29)16-11-17(28)25-19-18(16)21(30)27-22(26-19)24-14-6-4-3-5-7-14/h3-10,16H,11H2,1-2H3,(H,23,29)(H3,24,25,26,27,28,30)/t16-/m1/s1. The first kappa shape index (κ1) is 19.4. The van der Waals surface area contributed by atoms with E-state index >= 15 is 0 Å². The van der Waals surface area contributed by atoms with Crippen molar-refractivity contribution in [3.8, 4) is 0 Å². The van der Waals surface area contributed by atoms with Gasteiger partial charge in [-0.1, -0.05) is 24.3 Å². The molecule has 0 spiro atoms. The lowest BCUT2D eigenvalue weighted by molar-refractivity contribution is -0.123. The molecule has 4 rings (SSSR count). The molecule has 1 aliphatic heterocycles. The highest BCUT2D eigenvalue weighted by molar-refractivity contribution is 6.04. The minimum absolute atomic E-state index is 0.0914. The molecule has 2 amide bonds. The fraction of sp³-hybridized carbons (Fsp3) is 0.182. The topological polar surface area (TPSA) is 116 Å². The Hall–Kier alpha value is -3.94. The fourth-order valence-electron chi connectivity index (χ4n) is 3.36. The third kappa shape index (κ3) is 3.93. The van der Waals surface area contributed by atoms with Crippen LogP contribution < -0.4 is 21.5 Å². The summed E-state index contributed by atoms with van der Waals surface area (Å²) >= 11 is 0. The van der Waals surface area contributed by atoms with Crippen LogP contribution in [0, 0.1) is 13.8 Å². The van der Waals surface area contributed by atoms with Crippen LogP contribution in [-0.4, -0.2) is 21.8 Å². The van der Waals surface area contributed by atoms with Gasteiger partial charge in [0.2, 0.25) is 17.8 Å². The van der Waals surface area contributed by atoms with E-state index in [2.05, 4.69) is 25.9 Å². The Bertz CT molecular complexity index is 1190. The molecule has 152 valence electrons. The van der Waals surface area contributed by atoms with Crippen molar-refractivity contribution in [3.63, 3.8) is 0 Å². The van der Waals surface area contributed by atoms with Gasteiger partial charge in [0.05, 0.1) is 11.5 Å². The zero-order valence-corrected chi connectivity index (χ0v) is 16.6. The van der Waals surface area contributed by atoms with Gasteiger partial charge in [0.15, 0.2) is 0 Å². The van der Waals surface area contributed by atoms with E-state index in [0.717, 1.165) is 16.8 Å². The number of carbonyl (C=O) groups excluding carboxylic acids is 2. The van der Waals surface area contributed by atoms with Crippen LogP contribution in [0.5, 0.6) is 0 Å². The predicted molar refractivity (Wildman–Crippen MR) is 115 cm³/mol. The van der Waals surface area contributed by atoms with E-state index in [1.807, 2.05) is 56.3 Å². The monoisotopic (exact) mass is 403 g/mol. The normalized spacial score (nSPS) is 15.1. The predicted octanol–water partition coefficient (Wildman–Crippen LogP) is 3.19. The first-order chi connectivity index (χ1) is 14.4. The molecule has 0 fully saturated rings. The number of nitrogens with one attached hydrogen (secondary N) is 4. The van der Waals surface area contributed by atoms with Gasteiger partial charge in [0, 0.05) is 17.8 Å². The summed E-state index contributed by atoms with van der Waals surface area (Å²) in [6.45, 7) is 3.93. The summed E-state index contributed by atoms with van der Waals surface area (Å²) in [4.78, 5) is 44.9. The van der Waals surface area contributed by atoms with Crippen LogP contribution >= 0.6 is 0 Å². The molecule has 0 unspecified atom stereocenters. The Morgan fingerprint density at radius 3 is 2.53 bits per heavy atom. The van der Waals surface area contributed by atoms with Gasteiger partial charge in [-0.3, -0.25) is 19.4 Å². The zero-order valence-electron chi connectivity index (χ0n) is 16.6. The maximum absolute atomic E-state index is 12.9. The minimum Gasteiger partial charge on any atom is -0.326 e. The summed E-state index contributed by atoms with van der Waals surface area (Å²) in [6, 6.07) is 14.7. The van der Waals surface area contributed by atoms with Gasteiger partial charge in [-0.25, -0.2) is 0 Å². The Labute approximate surface area is 172 Å². The molecule has 1 atom stereocenters. The summed E-state index contributed by atoms with van der Waals surface area (Å²) in [5.74, 6) is -1.46. The number of nitrogens with zero attached hydrogens (tertiary/aromatic N) is 1. The van der Waals surface area contributed by atoms with Crippen molar-refractivity contribution in [3.05, 3.63) is 75.6 Å². The Morgan fingerprint density at radius 2 is 1.80 bits per heavy atom. The van der Waals surface area contributed by atoms with Crippen molar-refractivity contribution in [2.45, 2.75) is 26.2 Å². The van der Waals surface area contributed by atoms with Crippen LogP contribution in [0.4, 0.5) is 23.1 Å². The number of carbonyl (C=O) groups is 2. The molecule has 0 saturated heterocycles. The number of H-pyrrole nitrogens is 1. The molecule has 1 aromatic heterocycles. The molecule has 30 heavy (non-hydrogen) atoms. The third-order valence-corrected chi connectivity index (χ3v) is 5.08. The average Bonchev–Trinajstić information content (AvgIpc) is 2.70. The van der Waals surface area contributed by atoms with Crippen LogP contribution in [0.3, 0.4) is 0 Å². The molecule has 3 aromatic rings.